The predicted octanol–water partition coefficient (Wildman–Crippen LogP) is 5.48. The molecule has 0 radical (unpaired) electrons. The maximum atomic E-state index is 13.0. The van der Waals surface area contributed by atoms with Gasteiger partial charge in [0.25, 0.3) is 0 Å². The van der Waals surface area contributed by atoms with Crippen LogP contribution in [0, 0.1) is 0 Å². The number of fused-ring (bicyclic) bond motifs is 14. The van der Waals surface area contributed by atoms with Crippen LogP contribution in [0.5, 0.6) is 0 Å². The Labute approximate surface area is 322 Å². The van der Waals surface area contributed by atoms with Crippen LogP contribution in [0.3, 0.4) is 0 Å². The molecule has 2 saturated heterocycles. The van der Waals surface area contributed by atoms with Gasteiger partial charge in [-0.1, -0.05) is 48.5 Å². The van der Waals surface area contributed by atoms with E-state index in [0.717, 1.165) is 59.6 Å². The van der Waals surface area contributed by atoms with E-state index in [1.807, 2.05) is 48.5 Å². The monoisotopic (exact) mass is 754 g/mol. The van der Waals surface area contributed by atoms with Crippen molar-refractivity contribution in [3.05, 3.63) is 106 Å². The zero-order valence-electron chi connectivity index (χ0n) is 30.7. The Morgan fingerprint density at radius 3 is 1.45 bits per heavy atom. The number of aromatic amines is 2. The third kappa shape index (κ3) is 4.29. The van der Waals surface area contributed by atoms with Crippen LogP contribution in [-0.4, -0.2) is 88.4 Å². The first-order valence-corrected chi connectivity index (χ1v) is 19.6. The molecule has 4 aliphatic heterocycles. The average Bonchev–Trinajstić information content (AvgIpc) is 4.03. The second-order valence-corrected chi connectivity index (χ2v) is 16.2. The molecule has 0 spiro atoms. The summed E-state index contributed by atoms with van der Waals surface area (Å²) in [7, 11) is 0. The number of carboxylic acid groups (broad SMARTS) is 2. The highest BCUT2D eigenvalue weighted by Gasteiger charge is 2.67. The van der Waals surface area contributed by atoms with Crippen LogP contribution in [0.25, 0.3) is 11.1 Å². The van der Waals surface area contributed by atoms with Crippen molar-refractivity contribution >= 4 is 24.1 Å². The van der Waals surface area contributed by atoms with Crippen molar-refractivity contribution in [3.63, 3.8) is 0 Å². The smallest absolute Gasteiger partial charge is 0.406 e. The van der Waals surface area contributed by atoms with Crippen LogP contribution in [-0.2, 0) is 20.4 Å². The lowest BCUT2D eigenvalue weighted by Gasteiger charge is -2.57. The van der Waals surface area contributed by atoms with E-state index in [-0.39, 0.29) is 12.1 Å². The molecule has 56 heavy (non-hydrogen) atoms. The maximum Gasteiger partial charge on any atom is 0.406 e. The minimum absolute atomic E-state index is 0.123. The summed E-state index contributed by atoms with van der Waals surface area (Å²) in [6.07, 6.45) is 7.78. The van der Waals surface area contributed by atoms with E-state index in [4.69, 9.17) is 9.97 Å². The molecule has 4 aromatic rings. The third-order valence-corrected chi connectivity index (χ3v) is 14.0. The average molecular weight is 755 g/mol. The van der Waals surface area contributed by atoms with Gasteiger partial charge in [-0.25, -0.2) is 29.1 Å². The molecule has 6 heterocycles. The largest absolute Gasteiger partial charge is 0.465 e. The number of nitrogens with zero attached hydrogens (tertiary/aromatic N) is 4. The number of amides is 2. The first kappa shape index (κ1) is 34.7. The molecule has 4 unspecified atom stereocenters. The normalized spacial score (nSPS) is 31.8. The second-order valence-electron chi connectivity index (χ2n) is 16.2. The lowest BCUT2D eigenvalue weighted by molar-refractivity contribution is -0.0171. The van der Waals surface area contributed by atoms with Gasteiger partial charge in [0.05, 0.1) is 23.5 Å². The van der Waals surface area contributed by atoms with Gasteiger partial charge in [-0.05, 0) is 86.5 Å². The molecule has 14 nitrogen and oxygen atoms in total. The molecule has 286 valence electrons. The Hall–Kier alpha value is -5.78. The van der Waals surface area contributed by atoms with E-state index in [2.05, 4.69) is 42.3 Å². The fourth-order valence-electron chi connectivity index (χ4n) is 12.2. The minimum atomic E-state index is -1.20. The molecular weight excluding hydrogens is 713 g/mol. The van der Waals surface area contributed by atoms with Crippen molar-refractivity contribution in [2.45, 2.75) is 98.4 Å². The van der Waals surface area contributed by atoms with Crippen molar-refractivity contribution in [2.24, 2.45) is 0 Å². The predicted molar refractivity (Wildman–Crippen MR) is 202 cm³/mol. The summed E-state index contributed by atoms with van der Waals surface area (Å²) in [6, 6.07) is 15.6. The number of H-pyrrole nitrogens is 2. The number of carbonyl (C=O) groups is 2. The highest BCUT2D eigenvalue weighted by molar-refractivity contribution is 5.75. The zero-order chi connectivity index (χ0) is 38.5. The molecule has 6 aliphatic rings. The minimum Gasteiger partial charge on any atom is -0.465 e. The summed E-state index contributed by atoms with van der Waals surface area (Å²) < 4.78 is 0. The molecule has 2 aliphatic carbocycles. The Morgan fingerprint density at radius 1 is 0.661 bits per heavy atom. The van der Waals surface area contributed by atoms with Gasteiger partial charge in [-0.2, -0.15) is 0 Å². The molecular formula is C42H42N8O6. The van der Waals surface area contributed by atoms with Crippen LogP contribution in [0.2, 0.25) is 0 Å². The van der Waals surface area contributed by atoms with Crippen molar-refractivity contribution < 1.29 is 29.4 Å². The molecule has 6 atom stereocenters. The summed E-state index contributed by atoms with van der Waals surface area (Å²) in [5.41, 5.74) is 0.864. The highest BCUT2D eigenvalue weighted by Crippen LogP contribution is 2.61. The SMILES string of the molecule is O=C=C1CCCC2(NC(=O)O)N3CCCC3c3ncc([nH]3)C12c1ccc(-c2ccc([C@@]34C(=C=O)CCC[C@@]3(NC(=O)O)N3CCCC3c3ncc4[nH]3)cc2)cc1. The number of carbonyl (C=O) groups excluding carboxylic acids is 2. The van der Waals surface area contributed by atoms with Crippen LogP contribution in [0.1, 0.15) is 110 Å². The summed E-state index contributed by atoms with van der Waals surface area (Å²) in [5.74, 6) is 6.09. The van der Waals surface area contributed by atoms with Crippen LogP contribution < -0.4 is 10.6 Å². The van der Waals surface area contributed by atoms with E-state index >= 15 is 0 Å². The lowest BCUT2D eigenvalue weighted by atomic mass is 9.57. The van der Waals surface area contributed by atoms with Crippen molar-refractivity contribution in [3.8, 4) is 11.1 Å². The number of aromatic nitrogens is 4. The molecule has 6 N–H and O–H groups in total. The van der Waals surface area contributed by atoms with Crippen LogP contribution >= 0.6 is 0 Å². The highest BCUT2D eigenvalue weighted by atomic mass is 16.4. The lowest BCUT2D eigenvalue weighted by Crippen LogP contribution is -2.72. The van der Waals surface area contributed by atoms with Crippen LogP contribution in [0.15, 0.2) is 72.1 Å². The van der Waals surface area contributed by atoms with E-state index in [0.29, 0.717) is 74.1 Å². The first-order valence-electron chi connectivity index (χ1n) is 19.6. The summed E-state index contributed by atoms with van der Waals surface area (Å²) in [4.78, 5) is 72.3. The molecule has 2 saturated carbocycles. The topological polar surface area (TPSA) is 197 Å². The number of imidazole rings is 2. The number of hydrogen-bond donors (Lipinski definition) is 6. The molecule has 2 aromatic heterocycles. The summed E-state index contributed by atoms with van der Waals surface area (Å²) in [6.45, 7) is 1.31. The second kappa shape index (κ2) is 12.4. The van der Waals surface area contributed by atoms with Gasteiger partial charge in [0, 0.05) is 36.6 Å². The summed E-state index contributed by atoms with van der Waals surface area (Å²) in [5, 5.41) is 26.7. The number of nitrogens with one attached hydrogen (secondary N) is 4. The van der Waals surface area contributed by atoms with Gasteiger partial charge >= 0.3 is 12.2 Å². The van der Waals surface area contributed by atoms with Crippen LogP contribution in [0.4, 0.5) is 9.59 Å². The van der Waals surface area contributed by atoms with E-state index in [9.17, 15) is 29.4 Å². The maximum absolute atomic E-state index is 13.0. The van der Waals surface area contributed by atoms with Crippen molar-refractivity contribution in [1.29, 1.82) is 0 Å². The molecule has 10 rings (SSSR count). The fourth-order valence-corrected chi connectivity index (χ4v) is 12.2. The molecule has 2 amide bonds. The van der Waals surface area contributed by atoms with Gasteiger partial charge < -0.3 is 30.8 Å². The van der Waals surface area contributed by atoms with Crippen molar-refractivity contribution in [2.75, 3.05) is 13.1 Å². The number of hydrogen-bond acceptors (Lipinski definition) is 8. The number of rotatable bonds is 5. The molecule has 14 heteroatoms. The zero-order valence-corrected chi connectivity index (χ0v) is 30.7. The molecule has 4 bridgehead atoms. The van der Waals surface area contributed by atoms with E-state index in [1.54, 1.807) is 12.4 Å². The first-order chi connectivity index (χ1) is 27.2. The Balaban J connectivity index is 1.10. The Morgan fingerprint density at radius 2 is 1.07 bits per heavy atom. The van der Waals surface area contributed by atoms with Gasteiger partial charge in [-0.3, -0.25) is 9.80 Å². The van der Waals surface area contributed by atoms with E-state index < -0.39 is 34.3 Å². The van der Waals surface area contributed by atoms with Gasteiger partial charge in [0.15, 0.2) is 0 Å². The standard InChI is InChI=1S/C42H42N8O6/c51-23-29-5-1-17-39(47-37(53)54)41(29,33-21-43-35(45-33)31-7-3-19-49(31)39)27-13-9-25(10-14-27)26-11-15-28(16-12-26)42-30(24-52)6-2-18-40(42,48-38(55)56)50-20-4-8-32(50)36-44-22-34(42)46-36/h9-16,21-22,31-32,47-48H,1-8,17-20H2,(H,43,45)(H,44,46)(H,53,54)(H,55,56)/t31?,32?,39-,40?,41+,42?/m1/s1. The van der Waals surface area contributed by atoms with E-state index in [1.165, 1.54) is 0 Å². The Bertz CT molecular complexity index is 2210. The van der Waals surface area contributed by atoms with Gasteiger partial charge in [-0.15, -0.1) is 0 Å². The number of benzene rings is 2. The Kier molecular flexibility index (Phi) is 7.66. The third-order valence-electron chi connectivity index (χ3n) is 14.0. The van der Waals surface area contributed by atoms with Gasteiger partial charge in [0.1, 0.15) is 45.7 Å². The molecule has 2 aromatic carbocycles. The molecule has 4 fully saturated rings. The van der Waals surface area contributed by atoms with Crippen molar-refractivity contribution in [1.82, 2.24) is 40.4 Å². The fraction of sp³-hybridized carbons (Fsp3) is 0.429. The van der Waals surface area contributed by atoms with Gasteiger partial charge in [0.2, 0.25) is 0 Å². The summed E-state index contributed by atoms with van der Waals surface area (Å²) >= 11 is 0. The quantitative estimate of drug-likeness (QED) is 0.142.